The molecule has 0 bridgehead atoms. The van der Waals surface area contributed by atoms with Gasteiger partial charge < -0.3 is 10.6 Å². The molecule has 0 aliphatic heterocycles. The third kappa shape index (κ3) is 5.15. The minimum atomic E-state index is -3.73. The van der Waals surface area contributed by atoms with E-state index in [2.05, 4.69) is 34.4 Å². The smallest absolute Gasteiger partial charge is 0.251 e. The lowest BCUT2D eigenvalue weighted by molar-refractivity contribution is 0.0938. The Kier molecular flexibility index (Phi) is 6.58. The molecule has 1 amide bonds. The first kappa shape index (κ1) is 22.8. The van der Waals surface area contributed by atoms with E-state index in [-0.39, 0.29) is 28.9 Å². The minimum Gasteiger partial charge on any atom is -0.382 e. The Morgan fingerprint density at radius 1 is 1.00 bits per heavy atom. The van der Waals surface area contributed by atoms with Crippen LogP contribution >= 0.6 is 0 Å². The molecule has 1 fully saturated rings. The zero-order valence-electron chi connectivity index (χ0n) is 19.0. The van der Waals surface area contributed by atoms with Gasteiger partial charge in [-0.05, 0) is 81.7 Å². The molecule has 2 aromatic rings. The van der Waals surface area contributed by atoms with Crippen LogP contribution in [0.1, 0.15) is 61.5 Å². The van der Waals surface area contributed by atoms with E-state index in [1.165, 1.54) is 36.5 Å². The van der Waals surface area contributed by atoms with Gasteiger partial charge in [-0.2, -0.15) is 0 Å². The maximum absolute atomic E-state index is 13.1. The number of hydrogen-bond acceptors (Lipinski definition) is 4. The third-order valence-electron chi connectivity index (χ3n) is 6.51. The van der Waals surface area contributed by atoms with Crippen molar-refractivity contribution in [3.05, 3.63) is 59.2 Å². The number of carbonyl (C=O) groups excluding carboxylic acids is 1. The molecule has 2 aromatic carbocycles. The predicted octanol–water partition coefficient (Wildman–Crippen LogP) is 3.87. The molecular formula is C25H33N3O3S. The Morgan fingerprint density at radius 3 is 2.22 bits per heavy atom. The van der Waals surface area contributed by atoms with Crippen LogP contribution in [0, 0.1) is 5.92 Å². The summed E-state index contributed by atoms with van der Waals surface area (Å²) in [6, 6.07) is 13.1. The first-order chi connectivity index (χ1) is 15.2. The molecule has 0 radical (unpaired) electrons. The number of carbonyl (C=O) groups is 1. The van der Waals surface area contributed by atoms with Crippen molar-refractivity contribution in [1.82, 2.24) is 10.0 Å². The first-order valence-electron chi connectivity index (χ1n) is 11.5. The van der Waals surface area contributed by atoms with E-state index >= 15 is 0 Å². The van der Waals surface area contributed by atoms with E-state index in [1.54, 1.807) is 26.0 Å². The van der Waals surface area contributed by atoms with Gasteiger partial charge in [-0.25, -0.2) is 13.1 Å². The molecule has 1 unspecified atom stereocenters. The van der Waals surface area contributed by atoms with E-state index in [1.807, 2.05) is 12.1 Å². The summed E-state index contributed by atoms with van der Waals surface area (Å²) < 4.78 is 28.4. The van der Waals surface area contributed by atoms with Crippen LogP contribution in [-0.2, 0) is 22.9 Å². The second kappa shape index (κ2) is 9.24. The lowest BCUT2D eigenvalue weighted by atomic mass is 9.80. The second-order valence-electron chi connectivity index (χ2n) is 9.49. The first-order valence-corrected chi connectivity index (χ1v) is 13.0. The molecule has 0 spiro atoms. The van der Waals surface area contributed by atoms with E-state index in [0.717, 1.165) is 12.8 Å². The Morgan fingerprint density at radius 2 is 1.66 bits per heavy atom. The van der Waals surface area contributed by atoms with Crippen molar-refractivity contribution in [3.8, 4) is 0 Å². The number of fused-ring (bicyclic) bond motifs is 1. The van der Waals surface area contributed by atoms with E-state index in [0.29, 0.717) is 17.2 Å². The molecule has 32 heavy (non-hydrogen) atoms. The second-order valence-corrected chi connectivity index (χ2v) is 11.2. The van der Waals surface area contributed by atoms with Gasteiger partial charge in [0.15, 0.2) is 0 Å². The van der Waals surface area contributed by atoms with E-state index in [9.17, 15) is 13.2 Å². The van der Waals surface area contributed by atoms with Gasteiger partial charge in [-0.1, -0.05) is 30.7 Å². The maximum Gasteiger partial charge on any atom is 0.251 e. The van der Waals surface area contributed by atoms with Crippen LogP contribution in [0.15, 0.2) is 47.4 Å². The Hall–Kier alpha value is -2.38. The number of amides is 1. The van der Waals surface area contributed by atoms with Gasteiger partial charge in [0.25, 0.3) is 5.91 Å². The topological polar surface area (TPSA) is 87.3 Å². The van der Waals surface area contributed by atoms with E-state index in [4.69, 9.17) is 0 Å². The molecule has 3 N–H and O–H groups in total. The molecular weight excluding hydrogens is 422 g/mol. The number of rotatable bonds is 8. The zero-order valence-corrected chi connectivity index (χ0v) is 19.8. The molecule has 2 aliphatic carbocycles. The average molecular weight is 456 g/mol. The monoisotopic (exact) mass is 455 g/mol. The van der Waals surface area contributed by atoms with Gasteiger partial charge >= 0.3 is 0 Å². The highest BCUT2D eigenvalue weighted by atomic mass is 32.2. The van der Waals surface area contributed by atoms with Crippen molar-refractivity contribution in [2.24, 2.45) is 5.92 Å². The number of benzene rings is 2. The van der Waals surface area contributed by atoms with Crippen LogP contribution in [0.2, 0.25) is 0 Å². The summed E-state index contributed by atoms with van der Waals surface area (Å²) >= 11 is 0. The fourth-order valence-corrected chi connectivity index (χ4v) is 5.92. The van der Waals surface area contributed by atoms with Gasteiger partial charge in [0.05, 0.1) is 4.90 Å². The number of nitrogens with one attached hydrogen (secondary N) is 3. The van der Waals surface area contributed by atoms with Gasteiger partial charge in [-0.15, -0.1) is 0 Å². The summed E-state index contributed by atoms with van der Waals surface area (Å²) in [6.07, 6.45) is 5.17. The molecule has 172 valence electrons. The summed E-state index contributed by atoms with van der Waals surface area (Å²) in [4.78, 5) is 13.2. The fourth-order valence-electron chi connectivity index (χ4n) is 4.60. The van der Waals surface area contributed by atoms with Crippen LogP contribution in [0.5, 0.6) is 0 Å². The molecule has 4 rings (SSSR count). The SMILES string of the molecule is CC(C)NS(=O)(=O)c1cc(NC(C)C2CCC2)cc(C(=O)NC2Cc3ccccc3C2)c1. The normalized spacial score (nSPS) is 17.6. The van der Waals surface area contributed by atoms with Crippen molar-refractivity contribution >= 4 is 21.6 Å². The van der Waals surface area contributed by atoms with Crippen molar-refractivity contribution in [3.63, 3.8) is 0 Å². The van der Waals surface area contributed by atoms with Crippen LogP contribution < -0.4 is 15.4 Å². The van der Waals surface area contributed by atoms with Gasteiger partial charge in [0, 0.05) is 29.4 Å². The summed E-state index contributed by atoms with van der Waals surface area (Å²) in [5.41, 5.74) is 3.53. The van der Waals surface area contributed by atoms with Crippen LogP contribution in [0.4, 0.5) is 5.69 Å². The highest BCUT2D eigenvalue weighted by Gasteiger charge is 2.27. The number of anilines is 1. The number of sulfonamides is 1. The van der Waals surface area contributed by atoms with Crippen molar-refractivity contribution in [1.29, 1.82) is 0 Å². The molecule has 7 heteroatoms. The molecule has 0 aromatic heterocycles. The highest BCUT2D eigenvalue weighted by Crippen LogP contribution is 2.32. The summed E-state index contributed by atoms with van der Waals surface area (Å²) in [6.45, 7) is 5.68. The quantitative estimate of drug-likeness (QED) is 0.564. The average Bonchev–Trinajstić information content (AvgIpc) is 3.07. The van der Waals surface area contributed by atoms with Gasteiger partial charge in [0.2, 0.25) is 10.0 Å². The fraction of sp³-hybridized carbons (Fsp3) is 0.480. The maximum atomic E-state index is 13.1. The molecule has 1 atom stereocenters. The largest absolute Gasteiger partial charge is 0.382 e. The summed E-state index contributed by atoms with van der Waals surface area (Å²) in [5.74, 6) is 0.335. The lowest BCUT2D eigenvalue weighted by Crippen LogP contribution is -2.36. The molecule has 6 nitrogen and oxygen atoms in total. The summed E-state index contributed by atoms with van der Waals surface area (Å²) in [5, 5.41) is 6.55. The molecule has 0 saturated heterocycles. The van der Waals surface area contributed by atoms with Crippen molar-refractivity contribution in [2.75, 3.05) is 5.32 Å². The zero-order chi connectivity index (χ0) is 22.9. The van der Waals surface area contributed by atoms with Crippen molar-refractivity contribution in [2.45, 2.75) is 75.9 Å². The van der Waals surface area contributed by atoms with Crippen molar-refractivity contribution < 1.29 is 13.2 Å². The Labute approximate surface area is 191 Å². The Bertz CT molecular complexity index is 1070. The predicted molar refractivity (Wildman–Crippen MR) is 127 cm³/mol. The number of hydrogen-bond donors (Lipinski definition) is 3. The van der Waals surface area contributed by atoms with Crippen LogP contribution in [0.25, 0.3) is 0 Å². The Balaban J connectivity index is 1.57. The molecule has 1 saturated carbocycles. The van der Waals surface area contributed by atoms with Crippen LogP contribution in [-0.4, -0.2) is 32.5 Å². The third-order valence-corrected chi connectivity index (χ3v) is 8.15. The van der Waals surface area contributed by atoms with Crippen LogP contribution in [0.3, 0.4) is 0 Å². The van der Waals surface area contributed by atoms with E-state index < -0.39 is 10.0 Å². The van der Waals surface area contributed by atoms with Gasteiger partial charge in [0.1, 0.15) is 0 Å². The molecule has 0 heterocycles. The minimum absolute atomic E-state index is 0.0132. The molecule has 2 aliphatic rings. The lowest BCUT2D eigenvalue weighted by Gasteiger charge is -2.32. The van der Waals surface area contributed by atoms with Gasteiger partial charge in [-0.3, -0.25) is 4.79 Å². The summed E-state index contributed by atoms with van der Waals surface area (Å²) in [7, 11) is -3.73. The standard InChI is InChI=1S/C25H33N3O3S/c1-16(2)28-32(30,31)24-14-21(13-23(15-24)26-17(3)18-9-6-10-18)25(29)27-22-11-19-7-4-5-8-20(19)12-22/h4-5,7-8,13-18,22,26,28H,6,9-12H2,1-3H3,(H,27,29). The highest BCUT2D eigenvalue weighted by molar-refractivity contribution is 7.89.